The zero-order chi connectivity index (χ0) is 19.2. The molecule has 0 spiro atoms. The van der Waals surface area contributed by atoms with Crippen LogP contribution >= 0.6 is 0 Å². The van der Waals surface area contributed by atoms with Gasteiger partial charge in [0.15, 0.2) is 0 Å². The van der Waals surface area contributed by atoms with Gasteiger partial charge in [0.25, 0.3) is 5.91 Å². The maximum Gasteiger partial charge on any atom is 0.253 e. The van der Waals surface area contributed by atoms with Gasteiger partial charge in [0, 0.05) is 37.7 Å². The summed E-state index contributed by atoms with van der Waals surface area (Å²) in [6.45, 7) is 3.79. The zero-order valence-electron chi connectivity index (χ0n) is 16.0. The van der Waals surface area contributed by atoms with E-state index in [1.807, 2.05) is 42.2 Å². The summed E-state index contributed by atoms with van der Waals surface area (Å²) in [6.07, 6.45) is 4.62. The Hall–Kier alpha value is -2.37. The number of likely N-dealkylation sites (tertiary alicyclic amines) is 2. The highest BCUT2D eigenvalue weighted by Crippen LogP contribution is 2.20. The van der Waals surface area contributed by atoms with Gasteiger partial charge in [-0.3, -0.25) is 14.4 Å². The van der Waals surface area contributed by atoms with Crippen LogP contribution in [-0.2, 0) is 9.59 Å². The molecule has 0 bridgehead atoms. The van der Waals surface area contributed by atoms with E-state index in [0.29, 0.717) is 31.6 Å². The van der Waals surface area contributed by atoms with Crippen molar-refractivity contribution in [3.05, 3.63) is 35.9 Å². The summed E-state index contributed by atoms with van der Waals surface area (Å²) < 4.78 is 0. The topological polar surface area (TPSA) is 69.7 Å². The van der Waals surface area contributed by atoms with Crippen LogP contribution in [0.2, 0.25) is 0 Å². The molecule has 0 unspecified atom stereocenters. The second-order valence-corrected chi connectivity index (χ2v) is 7.39. The van der Waals surface area contributed by atoms with Crippen molar-refractivity contribution in [1.82, 2.24) is 15.1 Å². The number of hydrogen-bond acceptors (Lipinski definition) is 3. The molecular formula is C21H29N3O3. The first kappa shape index (κ1) is 19.4. The highest BCUT2D eigenvalue weighted by atomic mass is 16.2. The van der Waals surface area contributed by atoms with Gasteiger partial charge in [-0.05, 0) is 44.2 Å². The molecule has 1 atom stereocenters. The summed E-state index contributed by atoms with van der Waals surface area (Å²) in [5.41, 5.74) is 0.705. The molecule has 3 rings (SSSR count). The van der Waals surface area contributed by atoms with Gasteiger partial charge in [0.2, 0.25) is 11.8 Å². The van der Waals surface area contributed by atoms with Crippen LogP contribution in [0.1, 0.15) is 55.8 Å². The summed E-state index contributed by atoms with van der Waals surface area (Å²) >= 11 is 0. The summed E-state index contributed by atoms with van der Waals surface area (Å²) in [6, 6.07) is 9.03. The van der Waals surface area contributed by atoms with Gasteiger partial charge in [-0.25, -0.2) is 0 Å². The molecule has 1 aromatic carbocycles. The summed E-state index contributed by atoms with van der Waals surface area (Å²) in [5, 5.41) is 3.13. The van der Waals surface area contributed by atoms with Crippen LogP contribution in [0.3, 0.4) is 0 Å². The smallest absolute Gasteiger partial charge is 0.253 e. The Morgan fingerprint density at radius 2 is 1.70 bits per heavy atom. The SMILES string of the molecule is CCC(=O)N1CCCC[C@@H]1C(=O)NC1CCN(C(=O)c2ccccc2)CC1. The Bertz CT molecular complexity index is 669. The quantitative estimate of drug-likeness (QED) is 0.882. The minimum absolute atomic E-state index is 0.0377. The van der Waals surface area contributed by atoms with Crippen molar-refractivity contribution in [2.45, 2.75) is 57.5 Å². The fourth-order valence-electron chi connectivity index (χ4n) is 3.99. The van der Waals surface area contributed by atoms with Crippen LogP contribution in [-0.4, -0.2) is 59.2 Å². The van der Waals surface area contributed by atoms with E-state index in [-0.39, 0.29) is 29.8 Å². The molecule has 0 saturated carbocycles. The number of carbonyl (C=O) groups is 3. The standard InChI is InChI=1S/C21H29N3O3/c1-2-19(25)24-13-7-6-10-18(24)20(26)22-17-11-14-23(15-12-17)21(27)16-8-4-3-5-9-16/h3-5,8-9,17-18H,2,6-7,10-15H2,1H3,(H,22,26)/t18-/m1/s1. The lowest BCUT2D eigenvalue weighted by Gasteiger charge is -2.37. The summed E-state index contributed by atoms with van der Waals surface area (Å²) in [7, 11) is 0. The Balaban J connectivity index is 1.52. The first-order valence-electron chi connectivity index (χ1n) is 10.0. The third-order valence-electron chi connectivity index (χ3n) is 5.58. The van der Waals surface area contributed by atoms with Crippen LogP contribution in [0.25, 0.3) is 0 Å². The van der Waals surface area contributed by atoms with E-state index in [0.717, 1.165) is 32.1 Å². The van der Waals surface area contributed by atoms with Crippen molar-refractivity contribution in [1.29, 1.82) is 0 Å². The molecule has 2 aliphatic rings. The van der Waals surface area contributed by atoms with Crippen molar-refractivity contribution < 1.29 is 14.4 Å². The molecule has 2 fully saturated rings. The molecule has 2 heterocycles. The molecule has 0 aliphatic carbocycles. The van der Waals surface area contributed by atoms with E-state index in [9.17, 15) is 14.4 Å². The van der Waals surface area contributed by atoms with E-state index in [2.05, 4.69) is 5.32 Å². The van der Waals surface area contributed by atoms with Crippen LogP contribution in [0.5, 0.6) is 0 Å². The maximum atomic E-state index is 12.7. The maximum absolute atomic E-state index is 12.7. The van der Waals surface area contributed by atoms with Gasteiger partial charge in [-0.15, -0.1) is 0 Å². The second kappa shape index (κ2) is 9.02. The van der Waals surface area contributed by atoms with E-state index >= 15 is 0 Å². The van der Waals surface area contributed by atoms with E-state index in [1.54, 1.807) is 4.90 Å². The van der Waals surface area contributed by atoms with Gasteiger partial charge in [0.1, 0.15) is 6.04 Å². The highest BCUT2D eigenvalue weighted by molar-refractivity contribution is 5.94. The van der Waals surface area contributed by atoms with Crippen LogP contribution < -0.4 is 5.32 Å². The fourth-order valence-corrected chi connectivity index (χ4v) is 3.99. The number of piperidine rings is 2. The minimum Gasteiger partial charge on any atom is -0.351 e. The van der Waals surface area contributed by atoms with Gasteiger partial charge >= 0.3 is 0 Å². The van der Waals surface area contributed by atoms with Crippen molar-refractivity contribution >= 4 is 17.7 Å². The van der Waals surface area contributed by atoms with Gasteiger partial charge in [-0.1, -0.05) is 25.1 Å². The van der Waals surface area contributed by atoms with E-state index < -0.39 is 0 Å². The Labute approximate surface area is 160 Å². The van der Waals surface area contributed by atoms with Crippen molar-refractivity contribution in [2.75, 3.05) is 19.6 Å². The number of benzene rings is 1. The van der Waals surface area contributed by atoms with Crippen molar-refractivity contribution in [3.8, 4) is 0 Å². The lowest BCUT2D eigenvalue weighted by molar-refractivity contribution is -0.142. The monoisotopic (exact) mass is 371 g/mol. The molecule has 2 saturated heterocycles. The predicted octanol–water partition coefficient (Wildman–Crippen LogP) is 2.20. The zero-order valence-corrected chi connectivity index (χ0v) is 16.0. The number of rotatable bonds is 4. The lowest BCUT2D eigenvalue weighted by Crippen LogP contribution is -2.55. The van der Waals surface area contributed by atoms with Gasteiger partial charge in [-0.2, -0.15) is 0 Å². The number of nitrogens with one attached hydrogen (secondary N) is 1. The molecule has 6 heteroatoms. The fraction of sp³-hybridized carbons (Fsp3) is 0.571. The molecule has 0 radical (unpaired) electrons. The highest BCUT2D eigenvalue weighted by Gasteiger charge is 2.33. The van der Waals surface area contributed by atoms with Gasteiger partial charge in [0.05, 0.1) is 0 Å². The molecule has 2 aliphatic heterocycles. The Morgan fingerprint density at radius 3 is 2.37 bits per heavy atom. The van der Waals surface area contributed by atoms with E-state index in [4.69, 9.17) is 0 Å². The molecule has 1 aromatic rings. The Kier molecular flexibility index (Phi) is 6.48. The lowest BCUT2D eigenvalue weighted by atomic mass is 9.99. The Morgan fingerprint density at radius 1 is 1.00 bits per heavy atom. The number of carbonyl (C=O) groups excluding carboxylic acids is 3. The molecule has 27 heavy (non-hydrogen) atoms. The summed E-state index contributed by atoms with van der Waals surface area (Å²) in [4.78, 5) is 41.0. The number of nitrogens with zero attached hydrogens (tertiary/aromatic N) is 2. The third-order valence-corrected chi connectivity index (χ3v) is 5.58. The largest absolute Gasteiger partial charge is 0.351 e. The first-order chi connectivity index (χ1) is 13.1. The average Bonchev–Trinajstić information content (AvgIpc) is 2.73. The van der Waals surface area contributed by atoms with Crippen molar-refractivity contribution in [2.24, 2.45) is 0 Å². The molecule has 146 valence electrons. The van der Waals surface area contributed by atoms with Crippen LogP contribution in [0.15, 0.2) is 30.3 Å². The van der Waals surface area contributed by atoms with Gasteiger partial charge < -0.3 is 15.1 Å². The first-order valence-corrected chi connectivity index (χ1v) is 10.0. The number of hydrogen-bond donors (Lipinski definition) is 1. The van der Waals surface area contributed by atoms with Crippen LogP contribution in [0.4, 0.5) is 0 Å². The summed E-state index contributed by atoms with van der Waals surface area (Å²) in [5.74, 6) is 0.0647. The normalized spacial score (nSPS) is 21.0. The number of amides is 3. The van der Waals surface area contributed by atoms with Crippen molar-refractivity contribution in [3.63, 3.8) is 0 Å². The van der Waals surface area contributed by atoms with E-state index in [1.165, 1.54) is 0 Å². The minimum atomic E-state index is -0.338. The third kappa shape index (κ3) is 4.67. The molecule has 6 nitrogen and oxygen atoms in total. The molecule has 0 aromatic heterocycles. The predicted molar refractivity (Wildman–Crippen MR) is 103 cm³/mol. The average molecular weight is 371 g/mol. The molecular weight excluding hydrogens is 342 g/mol. The second-order valence-electron chi connectivity index (χ2n) is 7.39. The molecule has 1 N–H and O–H groups in total. The van der Waals surface area contributed by atoms with Crippen LogP contribution in [0, 0.1) is 0 Å². The molecule has 3 amide bonds.